The molecule has 3 aromatic rings. The summed E-state index contributed by atoms with van der Waals surface area (Å²) in [6, 6.07) is 1.04. The van der Waals surface area contributed by atoms with E-state index >= 15 is 0 Å². The molecule has 2 aromatic heterocycles. The molecule has 1 aliphatic heterocycles. The van der Waals surface area contributed by atoms with Crippen molar-refractivity contribution in [1.82, 2.24) is 15.0 Å². The van der Waals surface area contributed by atoms with Gasteiger partial charge in [0.05, 0.1) is 53.7 Å². The van der Waals surface area contributed by atoms with E-state index in [1.165, 1.54) is 7.11 Å². The third kappa shape index (κ3) is 10.8. The van der Waals surface area contributed by atoms with Gasteiger partial charge in [0, 0.05) is 26.0 Å². The number of rotatable bonds is 14. The lowest BCUT2D eigenvalue weighted by molar-refractivity contribution is -0.143. The minimum atomic E-state index is -5.11. The van der Waals surface area contributed by atoms with Crippen LogP contribution in [0, 0.1) is 0 Å². The van der Waals surface area contributed by atoms with E-state index in [-0.39, 0.29) is 86.8 Å². The first-order valence-electron chi connectivity index (χ1n) is 16.1. The van der Waals surface area contributed by atoms with Crippen molar-refractivity contribution in [2.75, 3.05) is 37.1 Å². The van der Waals surface area contributed by atoms with Gasteiger partial charge in [-0.3, -0.25) is 9.69 Å². The summed E-state index contributed by atoms with van der Waals surface area (Å²) in [5.74, 6) is -1.42. The number of aromatic nitrogens is 3. The van der Waals surface area contributed by atoms with Crippen LogP contribution in [-0.2, 0) is 39.2 Å². The molecule has 290 valence electrons. The maximum Gasteiger partial charge on any atom is 0.433 e. The van der Waals surface area contributed by atoms with Crippen molar-refractivity contribution in [2.45, 2.75) is 76.1 Å². The Kier molecular flexibility index (Phi) is 13.0. The summed E-state index contributed by atoms with van der Waals surface area (Å²) in [5, 5.41) is 11.7. The quantitative estimate of drug-likeness (QED) is 0.122. The van der Waals surface area contributed by atoms with Gasteiger partial charge in [0.2, 0.25) is 5.95 Å². The molecule has 0 aliphatic carbocycles. The number of fused-ring (bicyclic) bond motifs is 1. The Morgan fingerprint density at radius 2 is 1.60 bits per heavy atom. The maximum absolute atomic E-state index is 13.8. The molecule has 20 heteroatoms. The number of halogens is 9. The Morgan fingerprint density at radius 3 is 2.19 bits per heavy atom. The zero-order chi connectivity index (χ0) is 39.1. The van der Waals surface area contributed by atoms with Crippen LogP contribution in [0.2, 0.25) is 0 Å². The van der Waals surface area contributed by atoms with E-state index in [2.05, 4.69) is 20.3 Å². The van der Waals surface area contributed by atoms with Crippen LogP contribution in [-0.4, -0.2) is 65.1 Å². The number of alkyl halides is 9. The third-order valence-corrected chi connectivity index (χ3v) is 8.03. The molecular weight excluding hydrogens is 733 g/mol. The van der Waals surface area contributed by atoms with Crippen LogP contribution in [0.4, 0.5) is 55.9 Å². The molecule has 0 unspecified atom stereocenters. The number of carboxylic acid groups (broad SMARTS) is 1. The van der Waals surface area contributed by atoms with Crippen molar-refractivity contribution >= 4 is 23.7 Å². The molecule has 11 nitrogen and oxygen atoms in total. The number of nitrogens with one attached hydrogen (secondary N) is 1. The third-order valence-electron chi connectivity index (χ3n) is 8.03. The summed E-state index contributed by atoms with van der Waals surface area (Å²) in [5.41, 5.74) is -5.23. The fraction of sp³-hybridized carbons (Fsp3) is 0.485. The number of unbranched alkanes of at least 4 members (excludes halogenated alkanes) is 1. The predicted molar refractivity (Wildman–Crippen MR) is 168 cm³/mol. The molecule has 0 spiro atoms. The first kappa shape index (κ1) is 40.9. The lowest BCUT2D eigenvalue weighted by atomic mass is 9.93. The molecule has 0 saturated carbocycles. The molecule has 0 bridgehead atoms. The van der Waals surface area contributed by atoms with E-state index in [4.69, 9.17) is 19.3 Å². The number of anilines is 2. The van der Waals surface area contributed by atoms with Gasteiger partial charge in [-0.25, -0.2) is 19.7 Å². The number of carboxylic acids is 1. The van der Waals surface area contributed by atoms with Crippen LogP contribution in [0.5, 0.6) is 5.75 Å². The topological polar surface area (TPSA) is 136 Å². The van der Waals surface area contributed by atoms with Gasteiger partial charge in [0.1, 0.15) is 12.3 Å². The zero-order valence-corrected chi connectivity index (χ0v) is 28.2. The maximum atomic E-state index is 13.8. The molecule has 1 aromatic carbocycles. The number of carbonyl (C=O) groups excluding carboxylic acids is 1. The molecular formula is C33H34F9N5O6. The van der Waals surface area contributed by atoms with E-state index in [0.717, 1.165) is 17.2 Å². The van der Waals surface area contributed by atoms with E-state index < -0.39 is 71.5 Å². The number of methoxy groups -OCH3 is 1. The summed E-state index contributed by atoms with van der Waals surface area (Å²) < 4.78 is 139. The van der Waals surface area contributed by atoms with E-state index in [1.54, 1.807) is 6.92 Å². The first-order valence-corrected chi connectivity index (χ1v) is 16.1. The highest BCUT2D eigenvalue weighted by molar-refractivity contribution is 5.90. The second kappa shape index (κ2) is 16.9. The number of nitrogens with zero attached hydrogens (tertiary/aromatic N) is 4. The molecule has 0 fully saturated rings. The SMILES string of the molecule is CC[C@@H]1C[C@H](Nc2ncc(OCCOC)c(Cc3cc(C(F)(F)F)cc(C(F)(F)F)c3)n2)c2nc(C(F)(F)F)ccc2N1C(=O)OCCCCC(=O)O. The fourth-order valence-corrected chi connectivity index (χ4v) is 5.53. The summed E-state index contributed by atoms with van der Waals surface area (Å²) in [7, 11) is 1.36. The van der Waals surface area contributed by atoms with Crippen molar-refractivity contribution in [2.24, 2.45) is 0 Å². The Balaban J connectivity index is 1.72. The molecule has 1 aliphatic rings. The molecule has 53 heavy (non-hydrogen) atoms. The minimum Gasteiger partial charge on any atom is -0.488 e. The number of aliphatic carboxylic acids is 1. The number of ether oxygens (including phenoxy) is 3. The van der Waals surface area contributed by atoms with Gasteiger partial charge < -0.3 is 24.6 Å². The standard InChI is InChI=1S/C33H34F9N5O6/c1-3-21-16-23(28-24(7-8-26(46-28)33(40,41)42)47(21)30(50)53-9-5-4-6-27(48)49)45-29-43-17-25(52-11-10-51-2)22(44-29)14-18-12-19(31(34,35)36)15-20(13-18)32(37,38)39/h7-8,12-13,15,17,21,23H,3-6,9-11,14,16H2,1-2H3,(H,48,49)(H,43,44,45)/t21-,23+/m1/s1. The van der Waals surface area contributed by atoms with Crippen LogP contribution in [0.3, 0.4) is 0 Å². The predicted octanol–water partition coefficient (Wildman–Crippen LogP) is 8.08. The van der Waals surface area contributed by atoms with Gasteiger partial charge in [0.15, 0.2) is 5.75 Å². The summed E-state index contributed by atoms with van der Waals surface area (Å²) in [4.78, 5) is 37.4. The van der Waals surface area contributed by atoms with Crippen LogP contribution >= 0.6 is 0 Å². The average Bonchev–Trinajstić information content (AvgIpc) is 3.07. The Hall–Kier alpha value is -4.88. The van der Waals surface area contributed by atoms with E-state index in [1.807, 2.05) is 0 Å². The number of amides is 1. The highest BCUT2D eigenvalue weighted by Gasteiger charge is 2.41. The smallest absolute Gasteiger partial charge is 0.433 e. The van der Waals surface area contributed by atoms with Gasteiger partial charge in [0.25, 0.3) is 0 Å². The van der Waals surface area contributed by atoms with Crippen LogP contribution < -0.4 is 15.0 Å². The molecule has 2 N–H and O–H groups in total. The minimum absolute atomic E-state index is 0.0160. The summed E-state index contributed by atoms with van der Waals surface area (Å²) in [6.07, 6.45) is -15.0. The van der Waals surface area contributed by atoms with Crippen molar-refractivity contribution in [3.05, 3.63) is 70.3 Å². The fourth-order valence-electron chi connectivity index (χ4n) is 5.53. The Labute approximate surface area is 296 Å². The molecule has 4 rings (SSSR count). The highest BCUT2D eigenvalue weighted by atomic mass is 19.4. The van der Waals surface area contributed by atoms with Crippen LogP contribution in [0.25, 0.3) is 0 Å². The molecule has 1 amide bonds. The second-order valence-corrected chi connectivity index (χ2v) is 11.9. The van der Waals surface area contributed by atoms with Crippen LogP contribution in [0.1, 0.15) is 78.8 Å². The van der Waals surface area contributed by atoms with Gasteiger partial charge >= 0.3 is 30.6 Å². The van der Waals surface area contributed by atoms with Gasteiger partial charge in [-0.05, 0) is 61.6 Å². The van der Waals surface area contributed by atoms with Crippen molar-refractivity contribution < 1.29 is 68.4 Å². The zero-order valence-electron chi connectivity index (χ0n) is 28.2. The number of benzene rings is 1. The van der Waals surface area contributed by atoms with Crippen molar-refractivity contribution in [3.8, 4) is 5.75 Å². The molecule has 3 heterocycles. The first-order chi connectivity index (χ1) is 24.8. The monoisotopic (exact) mass is 767 g/mol. The van der Waals surface area contributed by atoms with Gasteiger partial charge in [-0.1, -0.05) is 6.92 Å². The van der Waals surface area contributed by atoms with Gasteiger partial charge in [-0.2, -0.15) is 39.5 Å². The summed E-state index contributed by atoms with van der Waals surface area (Å²) in [6.45, 7) is 1.51. The number of pyridine rings is 1. The van der Waals surface area contributed by atoms with E-state index in [0.29, 0.717) is 18.2 Å². The average molecular weight is 768 g/mol. The molecule has 0 saturated heterocycles. The molecule has 2 atom stereocenters. The van der Waals surface area contributed by atoms with E-state index in [9.17, 15) is 49.1 Å². The van der Waals surface area contributed by atoms with Gasteiger partial charge in [-0.15, -0.1) is 0 Å². The second-order valence-electron chi connectivity index (χ2n) is 11.9. The number of hydrogen-bond donors (Lipinski definition) is 2. The summed E-state index contributed by atoms with van der Waals surface area (Å²) >= 11 is 0. The van der Waals surface area contributed by atoms with Crippen molar-refractivity contribution in [3.63, 3.8) is 0 Å². The normalized spacial score (nSPS) is 16.2. The lowest BCUT2D eigenvalue weighted by Crippen LogP contribution is -2.46. The Bertz CT molecular complexity index is 1720. The largest absolute Gasteiger partial charge is 0.488 e. The lowest BCUT2D eigenvalue weighted by Gasteiger charge is -2.39. The number of carbonyl (C=O) groups is 2. The van der Waals surface area contributed by atoms with Crippen LogP contribution in [0.15, 0.2) is 36.5 Å². The van der Waals surface area contributed by atoms with Crippen molar-refractivity contribution in [1.29, 1.82) is 0 Å². The molecule has 0 radical (unpaired) electrons. The number of hydrogen-bond acceptors (Lipinski definition) is 9. The Morgan fingerprint density at radius 1 is 0.925 bits per heavy atom. The highest BCUT2D eigenvalue weighted by Crippen LogP contribution is 2.42.